The molecule has 1 aliphatic heterocycles. The minimum atomic E-state index is -0.470. The summed E-state index contributed by atoms with van der Waals surface area (Å²) in [6.45, 7) is 0. The molecule has 0 radical (unpaired) electrons. The van der Waals surface area contributed by atoms with Crippen LogP contribution in [0.25, 0.3) is 6.08 Å². The Morgan fingerprint density at radius 3 is 2.75 bits per heavy atom. The summed E-state index contributed by atoms with van der Waals surface area (Å²) in [7, 11) is 0. The molecule has 1 aromatic rings. The zero-order valence-electron chi connectivity index (χ0n) is 8.69. The van der Waals surface area contributed by atoms with Crippen LogP contribution in [0.1, 0.15) is 11.1 Å². The predicted octanol–water partition coefficient (Wildman–Crippen LogP) is 3.10. The van der Waals surface area contributed by atoms with Gasteiger partial charge in [0.1, 0.15) is 6.26 Å². The molecule has 0 amide bonds. The van der Waals surface area contributed by atoms with Crippen molar-refractivity contribution in [1.29, 1.82) is 0 Å². The van der Waals surface area contributed by atoms with E-state index in [-0.39, 0.29) is 0 Å². The van der Waals surface area contributed by atoms with Crippen LogP contribution in [0.3, 0.4) is 0 Å². The van der Waals surface area contributed by atoms with Gasteiger partial charge in [0.15, 0.2) is 0 Å². The minimum Gasteiger partial charge on any atom is -0.388 e. The maximum atomic E-state index is 11.8. The molecule has 0 saturated heterocycles. The van der Waals surface area contributed by atoms with Crippen LogP contribution in [-0.2, 0) is 11.3 Å². The van der Waals surface area contributed by atoms with E-state index in [4.69, 9.17) is 0 Å². The fourth-order valence-corrected chi connectivity index (χ4v) is 1.48. The Balaban J connectivity index is 0.000000125. The molecule has 2 nitrogen and oxygen atoms in total. The fourth-order valence-electron chi connectivity index (χ4n) is 1.48. The van der Waals surface area contributed by atoms with Gasteiger partial charge in [0, 0.05) is 0 Å². The number of allylic oxidation sites excluding steroid dienone is 3. The summed E-state index contributed by atoms with van der Waals surface area (Å²) < 4.78 is 11.8. The van der Waals surface area contributed by atoms with E-state index in [1.807, 2.05) is 5.48 Å². The van der Waals surface area contributed by atoms with Gasteiger partial charge in [-0.2, -0.15) is 9.87 Å². The second-order valence-electron chi connectivity index (χ2n) is 3.37. The monoisotopic (exact) mass is 217 g/mol. The van der Waals surface area contributed by atoms with Crippen LogP contribution < -0.4 is 5.48 Å². The van der Waals surface area contributed by atoms with Crippen molar-refractivity contribution in [3.8, 4) is 0 Å². The summed E-state index contributed by atoms with van der Waals surface area (Å²) in [5, 5.41) is 0. The topological polar surface area (TPSA) is 21.3 Å². The van der Waals surface area contributed by atoms with Crippen LogP contribution >= 0.6 is 0 Å². The Labute approximate surface area is 93.7 Å². The van der Waals surface area contributed by atoms with Gasteiger partial charge in [-0.25, -0.2) is 0 Å². The Kier molecular flexibility index (Phi) is 3.38. The smallest absolute Gasteiger partial charge is 0.219 e. The molecule has 16 heavy (non-hydrogen) atoms. The lowest BCUT2D eigenvalue weighted by atomic mass is 10.1. The van der Waals surface area contributed by atoms with Crippen molar-refractivity contribution in [2.75, 3.05) is 0 Å². The van der Waals surface area contributed by atoms with Crippen LogP contribution in [0.2, 0.25) is 0 Å². The third kappa shape index (κ3) is 2.73. The van der Waals surface area contributed by atoms with E-state index in [1.54, 1.807) is 0 Å². The molecule has 1 heterocycles. The maximum Gasteiger partial charge on any atom is 0.219 e. The lowest BCUT2D eigenvalue weighted by molar-refractivity contribution is 0.134. The van der Waals surface area contributed by atoms with E-state index in [2.05, 4.69) is 41.3 Å². The fraction of sp³-hybridized carbons (Fsp3) is 0.0769. The van der Waals surface area contributed by atoms with E-state index in [0.717, 1.165) is 6.42 Å². The molecule has 1 aromatic carbocycles. The quantitative estimate of drug-likeness (QED) is 0.674. The molecule has 0 unspecified atom stereocenters. The maximum absolute atomic E-state index is 11.8. The number of hydroxylamine groups is 1. The molecule has 0 saturated carbocycles. The molecule has 3 rings (SSSR count). The van der Waals surface area contributed by atoms with Crippen LogP contribution in [0.4, 0.5) is 4.39 Å². The molecular formula is C13H12FNO. The summed E-state index contributed by atoms with van der Waals surface area (Å²) in [5.41, 5.74) is 4.83. The molecule has 0 atom stereocenters. The molecule has 2 aliphatic rings. The Morgan fingerprint density at radius 2 is 2.12 bits per heavy atom. The van der Waals surface area contributed by atoms with Crippen molar-refractivity contribution in [1.82, 2.24) is 5.48 Å². The first-order valence-corrected chi connectivity index (χ1v) is 5.05. The molecule has 0 fully saturated rings. The highest BCUT2D eigenvalue weighted by Gasteiger charge is 2.00. The van der Waals surface area contributed by atoms with E-state index in [9.17, 15) is 4.39 Å². The average molecular weight is 217 g/mol. The van der Waals surface area contributed by atoms with Gasteiger partial charge < -0.3 is 4.84 Å². The number of halogens is 1. The normalized spacial score (nSPS) is 15.2. The lowest BCUT2D eigenvalue weighted by Crippen LogP contribution is -2.08. The van der Waals surface area contributed by atoms with Gasteiger partial charge >= 0.3 is 0 Å². The zero-order chi connectivity index (χ0) is 11.2. The van der Waals surface area contributed by atoms with Gasteiger partial charge in [-0.3, -0.25) is 0 Å². The summed E-state index contributed by atoms with van der Waals surface area (Å²) >= 11 is 0. The summed E-state index contributed by atoms with van der Waals surface area (Å²) in [6.07, 6.45) is 9.58. The third-order valence-electron chi connectivity index (χ3n) is 2.24. The second-order valence-corrected chi connectivity index (χ2v) is 3.37. The van der Waals surface area contributed by atoms with Crippen molar-refractivity contribution in [2.45, 2.75) is 6.42 Å². The summed E-state index contributed by atoms with van der Waals surface area (Å²) in [6, 6.07) is 8.49. The molecule has 82 valence electrons. The number of hydrogen-bond acceptors (Lipinski definition) is 2. The highest BCUT2D eigenvalue weighted by atomic mass is 19.1. The molecule has 0 bridgehead atoms. The van der Waals surface area contributed by atoms with Crippen LogP contribution in [0.5, 0.6) is 0 Å². The van der Waals surface area contributed by atoms with Crippen molar-refractivity contribution in [3.63, 3.8) is 0 Å². The molecular weight excluding hydrogens is 205 g/mol. The number of benzene rings is 1. The highest BCUT2D eigenvalue weighted by Crippen LogP contribution is 2.17. The lowest BCUT2D eigenvalue weighted by Gasteiger charge is -2.01. The van der Waals surface area contributed by atoms with Crippen molar-refractivity contribution < 1.29 is 9.23 Å². The van der Waals surface area contributed by atoms with E-state index in [1.165, 1.54) is 29.5 Å². The van der Waals surface area contributed by atoms with E-state index in [0.29, 0.717) is 0 Å². The molecule has 0 aromatic heterocycles. The standard InChI is InChI=1S/C9H8.C4H4FNO/c1-2-5-9-7-3-6-8(9)4-1;5-4-2-1-3-7-6-4/h1-6H,7H2;1-3,6H. The van der Waals surface area contributed by atoms with E-state index < -0.39 is 5.95 Å². The Hall–Kier alpha value is -2.03. The number of fused-ring (bicyclic) bond motifs is 1. The van der Waals surface area contributed by atoms with Crippen molar-refractivity contribution in [2.24, 2.45) is 0 Å². The van der Waals surface area contributed by atoms with Gasteiger partial charge in [0.25, 0.3) is 0 Å². The average Bonchev–Trinajstić information content (AvgIpc) is 2.79. The number of nitrogens with one attached hydrogen (secondary N) is 1. The van der Waals surface area contributed by atoms with Gasteiger partial charge in [-0.15, -0.1) is 0 Å². The summed E-state index contributed by atoms with van der Waals surface area (Å²) in [5.74, 6) is -0.470. The first-order valence-electron chi connectivity index (χ1n) is 5.05. The van der Waals surface area contributed by atoms with Gasteiger partial charge in [0.05, 0.1) is 0 Å². The van der Waals surface area contributed by atoms with Gasteiger partial charge in [0.2, 0.25) is 5.95 Å². The molecule has 1 aliphatic carbocycles. The predicted molar refractivity (Wildman–Crippen MR) is 61.7 cm³/mol. The van der Waals surface area contributed by atoms with Crippen molar-refractivity contribution >= 4 is 6.08 Å². The third-order valence-corrected chi connectivity index (χ3v) is 2.24. The van der Waals surface area contributed by atoms with Crippen LogP contribution in [-0.4, -0.2) is 0 Å². The minimum absolute atomic E-state index is 0.470. The Morgan fingerprint density at radius 1 is 1.25 bits per heavy atom. The van der Waals surface area contributed by atoms with Crippen LogP contribution in [0.15, 0.2) is 54.7 Å². The second kappa shape index (κ2) is 5.16. The van der Waals surface area contributed by atoms with E-state index >= 15 is 0 Å². The Bertz CT molecular complexity index is 449. The number of rotatable bonds is 0. The molecule has 0 spiro atoms. The van der Waals surface area contributed by atoms with Gasteiger partial charge in [-0.1, -0.05) is 36.4 Å². The first kappa shape index (κ1) is 10.5. The zero-order valence-corrected chi connectivity index (χ0v) is 8.69. The van der Waals surface area contributed by atoms with Crippen LogP contribution in [0, 0.1) is 0 Å². The first-order chi connectivity index (χ1) is 7.86. The highest BCUT2D eigenvalue weighted by molar-refractivity contribution is 5.59. The number of hydrogen-bond donors (Lipinski definition) is 1. The summed E-state index contributed by atoms with van der Waals surface area (Å²) in [4.78, 5) is 4.31. The van der Waals surface area contributed by atoms with Gasteiger partial charge in [-0.05, 0) is 29.7 Å². The molecule has 1 N–H and O–H groups in total. The SMILES string of the molecule is C1=Cc2ccccc2C1.FC1=CC=CON1. The largest absolute Gasteiger partial charge is 0.388 e. The molecule has 3 heteroatoms. The van der Waals surface area contributed by atoms with Crippen molar-refractivity contribution in [3.05, 3.63) is 65.8 Å².